The van der Waals surface area contributed by atoms with E-state index in [0.29, 0.717) is 5.56 Å². The lowest BCUT2D eigenvalue weighted by Gasteiger charge is -2.14. The van der Waals surface area contributed by atoms with Crippen molar-refractivity contribution in [2.24, 2.45) is 0 Å². The fraction of sp³-hybridized carbons (Fsp3) is 0.105. The van der Waals surface area contributed by atoms with Crippen LogP contribution in [-0.4, -0.2) is 5.91 Å². The Balaban J connectivity index is 1.79. The van der Waals surface area contributed by atoms with Gasteiger partial charge < -0.3 is 5.32 Å². The molecule has 3 aromatic carbocycles. The van der Waals surface area contributed by atoms with E-state index in [2.05, 4.69) is 5.32 Å². The second-order valence-electron chi connectivity index (χ2n) is 5.31. The largest absolute Gasteiger partial charge is 0.346 e. The van der Waals surface area contributed by atoms with E-state index in [1.165, 1.54) is 12.1 Å². The Hall–Kier alpha value is -2.68. The molecule has 1 atom stereocenters. The summed E-state index contributed by atoms with van der Waals surface area (Å²) in [5.41, 5.74) is 1.49. The highest BCUT2D eigenvalue weighted by molar-refractivity contribution is 5.98. The van der Waals surface area contributed by atoms with Crippen LogP contribution in [0.15, 0.2) is 66.7 Å². The smallest absolute Gasteiger partial charge is 0.251 e. The second-order valence-corrected chi connectivity index (χ2v) is 5.31. The van der Waals surface area contributed by atoms with Gasteiger partial charge in [-0.25, -0.2) is 4.39 Å². The molecule has 0 saturated heterocycles. The van der Waals surface area contributed by atoms with Crippen LogP contribution in [0.5, 0.6) is 0 Å². The van der Waals surface area contributed by atoms with E-state index in [1.807, 2.05) is 49.4 Å². The van der Waals surface area contributed by atoms with E-state index in [-0.39, 0.29) is 17.8 Å². The van der Waals surface area contributed by atoms with Gasteiger partial charge in [0.15, 0.2) is 0 Å². The zero-order chi connectivity index (χ0) is 15.5. The summed E-state index contributed by atoms with van der Waals surface area (Å²) in [4.78, 5) is 12.4. The lowest BCUT2D eigenvalue weighted by atomic mass is 10.1. The van der Waals surface area contributed by atoms with Gasteiger partial charge in [0, 0.05) is 5.56 Å². The van der Waals surface area contributed by atoms with E-state index in [1.54, 1.807) is 12.1 Å². The summed E-state index contributed by atoms with van der Waals surface area (Å²) in [6.45, 7) is 1.88. The Labute approximate surface area is 128 Å². The maximum Gasteiger partial charge on any atom is 0.251 e. The summed E-state index contributed by atoms with van der Waals surface area (Å²) in [5.74, 6) is -0.417. The van der Waals surface area contributed by atoms with Crippen LogP contribution in [0.1, 0.15) is 28.9 Å². The minimum atomic E-state index is -0.281. The molecule has 110 valence electrons. The molecule has 0 heterocycles. The molecule has 0 fully saturated rings. The first-order chi connectivity index (χ1) is 10.6. The molecule has 0 unspecified atom stereocenters. The molecule has 0 aliphatic heterocycles. The predicted octanol–water partition coefficient (Wildman–Crippen LogP) is 4.47. The summed E-state index contributed by atoms with van der Waals surface area (Å²) in [5, 5.41) is 5.07. The Morgan fingerprint density at radius 1 is 0.955 bits per heavy atom. The Bertz CT molecular complexity index is 811. The Morgan fingerprint density at radius 2 is 1.64 bits per heavy atom. The normalized spacial score (nSPS) is 12.1. The van der Waals surface area contributed by atoms with Gasteiger partial charge >= 0.3 is 0 Å². The molecule has 22 heavy (non-hydrogen) atoms. The molecule has 0 saturated carbocycles. The Kier molecular flexibility index (Phi) is 3.88. The van der Waals surface area contributed by atoms with Gasteiger partial charge in [-0.1, -0.05) is 42.5 Å². The van der Waals surface area contributed by atoms with Gasteiger partial charge in [-0.3, -0.25) is 4.79 Å². The number of fused-ring (bicyclic) bond motifs is 1. The maximum atomic E-state index is 12.9. The third kappa shape index (κ3) is 2.98. The summed E-state index contributed by atoms with van der Waals surface area (Å²) < 4.78 is 12.9. The number of hydrogen-bond donors (Lipinski definition) is 1. The molecule has 0 radical (unpaired) electrons. The van der Waals surface area contributed by atoms with Crippen molar-refractivity contribution >= 4 is 16.7 Å². The van der Waals surface area contributed by atoms with Gasteiger partial charge in [0.25, 0.3) is 5.91 Å². The third-order valence-electron chi connectivity index (χ3n) is 3.73. The van der Waals surface area contributed by atoms with E-state index in [4.69, 9.17) is 0 Å². The number of hydrogen-bond acceptors (Lipinski definition) is 1. The third-order valence-corrected chi connectivity index (χ3v) is 3.73. The van der Waals surface area contributed by atoms with Gasteiger partial charge in [0.1, 0.15) is 5.82 Å². The van der Waals surface area contributed by atoms with Crippen LogP contribution in [0.4, 0.5) is 4.39 Å². The molecule has 1 N–H and O–H groups in total. The van der Waals surface area contributed by atoms with Crippen molar-refractivity contribution in [1.29, 1.82) is 0 Å². The first kappa shape index (κ1) is 14.3. The fourth-order valence-corrected chi connectivity index (χ4v) is 2.45. The summed E-state index contributed by atoms with van der Waals surface area (Å²) in [7, 11) is 0. The zero-order valence-corrected chi connectivity index (χ0v) is 12.2. The highest BCUT2D eigenvalue weighted by Gasteiger charge is 2.11. The van der Waals surface area contributed by atoms with Crippen molar-refractivity contribution in [2.75, 3.05) is 0 Å². The number of carbonyl (C=O) groups excluding carboxylic acids is 1. The molecular weight excluding hydrogens is 277 g/mol. The van der Waals surface area contributed by atoms with Gasteiger partial charge in [-0.15, -0.1) is 0 Å². The van der Waals surface area contributed by atoms with Gasteiger partial charge in [-0.05, 0) is 47.5 Å². The van der Waals surface area contributed by atoms with Crippen LogP contribution in [-0.2, 0) is 0 Å². The quantitative estimate of drug-likeness (QED) is 0.758. The van der Waals surface area contributed by atoms with Crippen molar-refractivity contribution in [3.05, 3.63) is 83.7 Å². The van der Waals surface area contributed by atoms with Gasteiger partial charge in [0.05, 0.1) is 6.04 Å². The van der Waals surface area contributed by atoms with Crippen molar-refractivity contribution in [2.45, 2.75) is 13.0 Å². The monoisotopic (exact) mass is 293 g/mol. The van der Waals surface area contributed by atoms with Crippen molar-refractivity contribution in [1.82, 2.24) is 5.32 Å². The lowest BCUT2D eigenvalue weighted by molar-refractivity contribution is 0.0940. The highest BCUT2D eigenvalue weighted by atomic mass is 19.1. The average Bonchev–Trinajstić information content (AvgIpc) is 2.55. The fourth-order valence-electron chi connectivity index (χ4n) is 2.45. The molecule has 3 heteroatoms. The van der Waals surface area contributed by atoms with Gasteiger partial charge in [-0.2, -0.15) is 0 Å². The van der Waals surface area contributed by atoms with Gasteiger partial charge in [0.2, 0.25) is 0 Å². The molecular formula is C19H16FNO. The van der Waals surface area contributed by atoms with Crippen molar-refractivity contribution in [3.63, 3.8) is 0 Å². The molecule has 2 nitrogen and oxygen atoms in total. The van der Waals surface area contributed by atoms with E-state index in [0.717, 1.165) is 16.3 Å². The molecule has 0 bridgehead atoms. The summed E-state index contributed by atoms with van der Waals surface area (Å²) in [6.07, 6.45) is 0. The Morgan fingerprint density at radius 3 is 2.36 bits per heavy atom. The number of nitrogens with one attached hydrogen (secondary N) is 1. The minimum absolute atomic E-state index is 0.137. The highest BCUT2D eigenvalue weighted by Crippen LogP contribution is 2.17. The summed E-state index contributed by atoms with van der Waals surface area (Å²) in [6, 6.07) is 19.5. The SMILES string of the molecule is C[C@H](NC(=O)c1ccc2ccccc2c1)c1ccc(F)cc1. The zero-order valence-electron chi connectivity index (χ0n) is 12.2. The van der Waals surface area contributed by atoms with Crippen LogP contribution < -0.4 is 5.32 Å². The van der Waals surface area contributed by atoms with Crippen molar-refractivity contribution in [3.8, 4) is 0 Å². The predicted molar refractivity (Wildman–Crippen MR) is 86.2 cm³/mol. The van der Waals surface area contributed by atoms with Crippen LogP contribution in [0.2, 0.25) is 0 Å². The molecule has 3 aromatic rings. The molecule has 0 aromatic heterocycles. The average molecular weight is 293 g/mol. The molecule has 0 aliphatic rings. The maximum absolute atomic E-state index is 12.9. The number of benzene rings is 3. The standard InChI is InChI=1S/C19H16FNO/c1-13(14-8-10-18(20)11-9-14)21-19(22)17-7-6-15-4-2-3-5-16(15)12-17/h2-13H,1H3,(H,21,22)/t13-/m0/s1. The van der Waals surface area contributed by atoms with E-state index < -0.39 is 0 Å². The number of carbonyl (C=O) groups is 1. The summed E-state index contributed by atoms with van der Waals surface area (Å²) >= 11 is 0. The number of amides is 1. The molecule has 3 rings (SSSR count). The first-order valence-electron chi connectivity index (χ1n) is 7.18. The second kappa shape index (κ2) is 5.98. The first-order valence-corrected chi connectivity index (χ1v) is 7.18. The van der Waals surface area contributed by atoms with Crippen LogP contribution in [0.3, 0.4) is 0 Å². The minimum Gasteiger partial charge on any atom is -0.346 e. The number of rotatable bonds is 3. The molecule has 0 spiro atoms. The van der Waals surface area contributed by atoms with Crippen molar-refractivity contribution < 1.29 is 9.18 Å². The number of halogens is 1. The van der Waals surface area contributed by atoms with Crippen LogP contribution in [0.25, 0.3) is 10.8 Å². The molecule has 1 amide bonds. The lowest BCUT2D eigenvalue weighted by Crippen LogP contribution is -2.26. The van der Waals surface area contributed by atoms with E-state index >= 15 is 0 Å². The topological polar surface area (TPSA) is 29.1 Å². The van der Waals surface area contributed by atoms with E-state index in [9.17, 15) is 9.18 Å². The van der Waals surface area contributed by atoms with Crippen LogP contribution >= 0.6 is 0 Å². The molecule has 0 aliphatic carbocycles. The van der Waals surface area contributed by atoms with Crippen LogP contribution in [0, 0.1) is 5.82 Å².